The van der Waals surface area contributed by atoms with E-state index in [1.165, 1.54) is 18.2 Å². The van der Waals surface area contributed by atoms with Crippen molar-refractivity contribution in [2.75, 3.05) is 0 Å². The fourth-order valence-corrected chi connectivity index (χ4v) is 4.25. The van der Waals surface area contributed by atoms with E-state index in [1.54, 1.807) is 24.3 Å². The summed E-state index contributed by atoms with van der Waals surface area (Å²) in [6, 6.07) is 19.3. The van der Waals surface area contributed by atoms with E-state index >= 15 is 4.39 Å². The summed E-state index contributed by atoms with van der Waals surface area (Å²) in [5, 5.41) is 0. The Hall–Kier alpha value is -2.81. The highest BCUT2D eigenvalue weighted by Crippen LogP contribution is 2.54. The molecule has 1 unspecified atom stereocenters. The molecule has 3 aromatic rings. The number of halogens is 3. The molecule has 1 atom stereocenters. The Labute approximate surface area is 149 Å². The quantitative estimate of drug-likeness (QED) is 0.388. The molecule has 0 fully saturated rings. The van der Waals surface area contributed by atoms with Crippen LogP contribution in [0.2, 0.25) is 0 Å². The van der Waals surface area contributed by atoms with Crippen molar-refractivity contribution < 1.29 is 13.2 Å². The molecule has 128 valence electrons. The van der Waals surface area contributed by atoms with Crippen molar-refractivity contribution in [1.82, 2.24) is 0 Å². The van der Waals surface area contributed by atoms with Gasteiger partial charge in [-0.05, 0) is 40.3 Å². The van der Waals surface area contributed by atoms with Gasteiger partial charge in [0.05, 0.1) is 0 Å². The van der Waals surface area contributed by atoms with Crippen molar-refractivity contribution >= 4 is 6.08 Å². The molecule has 0 spiro atoms. The monoisotopic (exact) mass is 348 g/mol. The van der Waals surface area contributed by atoms with Crippen LogP contribution < -0.4 is 0 Å². The lowest BCUT2D eigenvalue weighted by molar-refractivity contribution is -0.0822. The molecule has 0 heterocycles. The number of rotatable bonds is 1. The number of alkyl halides is 3. The zero-order valence-corrected chi connectivity index (χ0v) is 13.8. The molecule has 2 aliphatic carbocycles. The fourth-order valence-electron chi connectivity index (χ4n) is 4.25. The van der Waals surface area contributed by atoms with Crippen LogP contribution in [-0.2, 0) is 12.1 Å². The van der Waals surface area contributed by atoms with Gasteiger partial charge in [-0.2, -0.15) is 8.78 Å². The molecule has 0 saturated heterocycles. The number of hydrogen-bond acceptors (Lipinski definition) is 0. The fraction of sp³-hybridized carbons (Fsp3) is 0.130. The third-order valence-corrected chi connectivity index (χ3v) is 5.49. The summed E-state index contributed by atoms with van der Waals surface area (Å²) in [5.41, 5.74) is 1.24. The predicted molar refractivity (Wildman–Crippen MR) is 97.0 cm³/mol. The lowest BCUT2D eigenvalue weighted by atomic mass is 9.75. The molecule has 0 nitrogen and oxygen atoms in total. The normalized spacial score (nSPS) is 21.8. The SMILES string of the molecule is FC1(F)C=Cc2ccccc2C1(F)c1cccc2c1Cc1ccccc1-2. The molecule has 0 aromatic heterocycles. The molecule has 0 bridgehead atoms. The topological polar surface area (TPSA) is 0 Å². The Kier molecular flexibility index (Phi) is 3.03. The Balaban J connectivity index is 1.80. The summed E-state index contributed by atoms with van der Waals surface area (Å²) in [5.74, 6) is -3.62. The highest BCUT2D eigenvalue weighted by Gasteiger charge is 2.59. The van der Waals surface area contributed by atoms with Gasteiger partial charge < -0.3 is 0 Å². The first kappa shape index (κ1) is 15.4. The highest BCUT2D eigenvalue weighted by molar-refractivity contribution is 5.79. The number of fused-ring (bicyclic) bond motifs is 4. The maximum absolute atomic E-state index is 16.4. The van der Waals surface area contributed by atoms with Crippen molar-refractivity contribution in [3.05, 3.63) is 101 Å². The van der Waals surface area contributed by atoms with Crippen molar-refractivity contribution in [3.8, 4) is 11.1 Å². The molecule has 0 N–H and O–H groups in total. The minimum absolute atomic E-state index is 0.0249. The molecule has 3 aromatic carbocycles. The summed E-state index contributed by atoms with van der Waals surface area (Å²) in [7, 11) is 0. The van der Waals surface area contributed by atoms with Crippen molar-refractivity contribution in [2.24, 2.45) is 0 Å². The molecule has 0 radical (unpaired) electrons. The van der Waals surface area contributed by atoms with Crippen molar-refractivity contribution in [3.63, 3.8) is 0 Å². The molecule has 3 heteroatoms. The summed E-state index contributed by atoms with van der Waals surface area (Å²) in [6.45, 7) is 0. The third kappa shape index (κ3) is 1.86. The van der Waals surface area contributed by atoms with Gasteiger partial charge in [0, 0.05) is 11.1 Å². The third-order valence-electron chi connectivity index (χ3n) is 5.49. The minimum Gasteiger partial charge on any atom is -0.226 e. The molecule has 5 rings (SSSR count). The Morgan fingerprint density at radius 3 is 2.27 bits per heavy atom. The first-order chi connectivity index (χ1) is 12.5. The van der Waals surface area contributed by atoms with Gasteiger partial charge >= 0.3 is 5.92 Å². The largest absolute Gasteiger partial charge is 0.308 e. The maximum Gasteiger partial charge on any atom is 0.308 e. The van der Waals surface area contributed by atoms with Crippen molar-refractivity contribution in [1.29, 1.82) is 0 Å². The average molecular weight is 348 g/mol. The molecule has 2 aliphatic rings. The lowest BCUT2D eigenvalue weighted by Gasteiger charge is -2.37. The Morgan fingerprint density at radius 2 is 1.38 bits per heavy atom. The summed E-state index contributed by atoms with van der Waals surface area (Å²) in [4.78, 5) is 0. The average Bonchev–Trinajstić information content (AvgIpc) is 3.04. The van der Waals surface area contributed by atoms with Crippen LogP contribution in [0.5, 0.6) is 0 Å². The van der Waals surface area contributed by atoms with E-state index in [1.807, 2.05) is 30.3 Å². The van der Waals surface area contributed by atoms with Crippen LogP contribution in [0.25, 0.3) is 17.2 Å². The molecule has 26 heavy (non-hydrogen) atoms. The van der Waals surface area contributed by atoms with Crippen LogP contribution >= 0.6 is 0 Å². The molecule has 0 saturated carbocycles. The first-order valence-electron chi connectivity index (χ1n) is 8.58. The number of hydrogen-bond donors (Lipinski definition) is 0. The van der Waals surface area contributed by atoms with Gasteiger partial charge in [-0.25, -0.2) is 4.39 Å². The predicted octanol–water partition coefficient (Wildman–Crippen LogP) is 6.13. The lowest BCUT2D eigenvalue weighted by Crippen LogP contribution is -2.44. The van der Waals surface area contributed by atoms with Gasteiger partial charge in [0.15, 0.2) is 0 Å². The van der Waals surface area contributed by atoms with Crippen LogP contribution in [0.1, 0.15) is 27.8 Å². The Bertz CT molecular complexity index is 1060. The van der Waals surface area contributed by atoms with E-state index in [9.17, 15) is 8.78 Å². The van der Waals surface area contributed by atoms with Crippen LogP contribution in [0.15, 0.2) is 72.8 Å². The number of benzene rings is 3. The van der Waals surface area contributed by atoms with E-state index < -0.39 is 11.6 Å². The standard InChI is InChI=1S/C23H15F3/c24-22(25)13-12-15-6-2-4-10-20(15)23(22,26)21-11-5-9-18-17-8-3-1-7-16(17)14-19(18)21/h1-13H,14H2. The van der Waals surface area contributed by atoms with Gasteiger partial charge in [0.25, 0.3) is 0 Å². The summed E-state index contributed by atoms with van der Waals surface area (Å²) < 4.78 is 46.3. The zero-order chi connectivity index (χ0) is 17.9. The minimum atomic E-state index is -3.62. The van der Waals surface area contributed by atoms with Crippen LogP contribution in [0.3, 0.4) is 0 Å². The summed E-state index contributed by atoms with van der Waals surface area (Å²) in [6.07, 6.45) is 2.47. The highest BCUT2D eigenvalue weighted by atomic mass is 19.3. The van der Waals surface area contributed by atoms with Gasteiger partial charge in [-0.1, -0.05) is 72.8 Å². The second-order valence-electron chi connectivity index (χ2n) is 6.87. The van der Waals surface area contributed by atoms with E-state index in [-0.39, 0.29) is 11.1 Å². The molecular formula is C23H15F3. The maximum atomic E-state index is 16.4. The molecule has 0 aliphatic heterocycles. The summed E-state index contributed by atoms with van der Waals surface area (Å²) >= 11 is 0. The number of allylic oxidation sites excluding steroid dienone is 1. The zero-order valence-electron chi connectivity index (χ0n) is 13.8. The van der Waals surface area contributed by atoms with Crippen molar-refractivity contribution in [2.45, 2.75) is 18.0 Å². The van der Waals surface area contributed by atoms with Crippen LogP contribution in [0.4, 0.5) is 13.2 Å². The Morgan fingerprint density at radius 1 is 0.692 bits per heavy atom. The van der Waals surface area contributed by atoms with Gasteiger partial charge in [-0.3, -0.25) is 0 Å². The van der Waals surface area contributed by atoms with Gasteiger partial charge in [0.1, 0.15) is 0 Å². The smallest absolute Gasteiger partial charge is 0.226 e. The molecular weight excluding hydrogens is 333 g/mol. The van der Waals surface area contributed by atoms with E-state index in [4.69, 9.17) is 0 Å². The van der Waals surface area contributed by atoms with E-state index in [0.29, 0.717) is 23.6 Å². The van der Waals surface area contributed by atoms with Crippen LogP contribution in [0, 0.1) is 0 Å². The second kappa shape index (κ2) is 5.10. The van der Waals surface area contributed by atoms with E-state index in [2.05, 4.69) is 0 Å². The van der Waals surface area contributed by atoms with Crippen LogP contribution in [-0.4, -0.2) is 5.92 Å². The van der Waals surface area contributed by atoms with Gasteiger partial charge in [0.2, 0.25) is 5.67 Å². The second-order valence-corrected chi connectivity index (χ2v) is 6.87. The molecule has 0 amide bonds. The first-order valence-corrected chi connectivity index (χ1v) is 8.58. The van der Waals surface area contributed by atoms with Gasteiger partial charge in [-0.15, -0.1) is 0 Å². The van der Waals surface area contributed by atoms with E-state index in [0.717, 1.165) is 16.7 Å².